The predicted octanol–water partition coefficient (Wildman–Crippen LogP) is 1.95. The summed E-state index contributed by atoms with van der Waals surface area (Å²) < 4.78 is 0. The number of aromatic nitrogens is 1. The van der Waals surface area contributed by atoms with Crippen molar-refractivity contribution in [3.05, 3.63) is 30.1 Å². The minimum absolute atomic E-state index is 0.256. The van der Waals surface area contributed by atoms with Crippen molar-refractivity contribution in [2.24, 2.45) is 11.7 Å². The molecule has 2 N–H and O–H groups in total. The van der Waals surface area contributed by atoms with Gasteiger partial charge in [-0.3, -0.25) is 9.78 Å². The number of hydrogen-bond donors (Lipinski definition) is 1. The molecule has 2 rings (SSSR count). The van der Waals surface area contributed by atoms with Crippen molar-refractivity contribution in [3.63, 3.8) is 0 Å². The number of pyridine rings is 1. The van der Waals surface area contributed by atoms with Crippen molar-refractivity contribution in [2.45, 2.75) is 45.2 Å². The third kappa shape index (κ3) is 4.31. The van der Waals surface area contributed by atoms with Gasteiger partial charge in [0.2, 0.25) is 5.91 Å². The fourth-order valence-electron chi connectivity index (χ4n) is 2.13. The normalized spacial score (nSPS) is 16.1. The Morgan fingerprint density at radius 1 is 1.58 bits per heavy atom. The second-order valence-electron chi connectivity index (χ2n) is 5.49. The summed E-state index contributed by atoms with van der Waals surface area (Å²) in [4.78, 5) is 18.4. The molecule has 0 saturated heterocycles. The quantitative estimate of drug-likeness (QED) is 0.816. The van der Waals surface area contributed by atoms with Crippen LogP contribution in [0.5, 0.6) is 0 Å². The maximum atomic E-state index is 12.3. The smallest absolute Gasteiger partial charge is 0.223 e. The van der Waals surface area contributed by atoms with Gasteiger partial charge in [-0.1, -0.05) is 13.0 Å². The number of carbonyl (C=O) groups is 1. The number of carbonyl (C=O) groups excluding carboxylic acids is 1. The van der Waals surface area contributed by atoms with Gasteiger partial charge in [0.15, 0.2) is 0 Å². The summed E-state index contributed by atoms with van der Waals surface area (Å²) >= 11 is 0. The van der Waals surface area contributed by atoms with E-state index in [9.17, 15) is 4.79 Å². The third-order valence-electron chi connectivity index (χ3n) is 3.64. The molecule has 0 bridgehead atoms. The number of nitrogens with zero attached hydrogens (tertiary/aromatic N) is 2. The van der Waals surface area contributed by atoms with E-state index in [2.05, 4.69) is 11.9 Å². The number of hydrogen-bond acceptors (Lipinski definition) is 3. The summed E-state index contributed by atoms with van der Waals surface area (Å²) in [7, 11) is 0. The summed E-state index contributed by atoms with van der Waals surface area (Å²) in [5.74, 6) is 0.676. The first-order chi connectivity index (χ1) is 9.20. The predicted molar refractivity (Wildman–Crippen MR) is 75.3 cm³/mol. The Balaban J connectivity index is 1.90. The van der Waals surface area contributed by atoms with Crippen LogP contribution >= 0.6 is 0 Å². The van der Waals surface area contributed by atoms with Crippen LogP contribution in [0, 0.1) is 5.92 Å². The average molecular weight is 261 g/mol. The number of rotatable bonds is 7. The van der Waals surface area contributed by atoms with Gasteiger partial charge in [0, 0.05) is 31.4 Å². The minimum Gasteiger partial charge on any atom is -0.335 e. The lowest BCUT2D eigenvalue weighted by molar-refractivity contribution is -0.132. The molecule has 1 aromatic rings. The molecule has 4 heteroatoms. The van der Waals surface area contributed by atoms with E-state index in [4.69, 9.17) is 5.73 Å². The molecule has 104 valence electrons. The summed E-state index contributed by atoms with van der Waals surface area (Å²) in [5.41, 5.74) is 6.70. The maximum Gasteiger partial charge on any atom is 0.223 e. The van der Waals surface area contributed by atoms with E-state index in [1.807, 2.05) is 23.2 Å². The van der Waals surface area contributed by atoms with Crippen molar-refractivity contribution in [3.8, 4) is 0 Å². The Labute approximate surface area is 115 Å². The molecule has 19 heavy (non-hydrogen) atoms. The summed E-state index contributed by atoms with van der Waals surface area (Å²) in [5, 5.41) is 0. The van der Waals surface area contributed by atoms with Gasteiger partial charge < -0.3 is 10.6 Å². The fraction of sp³-hybridized carbons (Fsp3) is 0.600. The van der Waals surface area contributed by atoms with Gasteiger partial charge in [0.25, 0.3) is 0 Å². The van der Waals surface area contributed by atoms with Crippen molar-refractivity contribution < 1.29 is 4.79 Å². The monoisotopic (exact) mass is 261 g/mol. The molecular weight excluding hydrogens is 238 g/mol. The first kappa shape index (κ1) is 14.0. The Hall–Kier alpha value is -1.42. The Morgan fingerprint density at radius 3 is 2.95 bits per heavy atom. The number of amides is 1. The van der Waals surface area contributed by atoms with E-state index in [0.717, 1.165) is 24.8 Å². The highest BCUT2D eigenvalue weighted by Crippen LogP contribution is 2.29. The summed E-state index contributed by atoms with van der Waals surface area (Å²) in [6, 6.07) is 4.39. The van der Waals surface area contributed by atoms with Crippen LogP contribution < -0.4 is 5.73 Å². The molecule has 0 radical (unpaired) electrons. The van der Waals surface area contributed by atoms with E-state index >= 15 is 0 Å². The molecule has 1 heterocycles. The second kappa shape index (κ2) is 6.66. The molecule has 1 aromatic heterocycles. The molecule has 4 nitrogen and oxygen atoms in total. The highest BCUT2D eigenvalue weighted by molar-refractivity contribution is 5.76. The van der Waals surface area contributed by atoms with E-state index in [-0.39, 0.29) is 5.91 Å². The largest absolute Gasteiger partial charge is 0.335 e. The number of nitrogens with two attached hydrogens (primary N) is 1. The third-order valence-corrected chi connectivity index (χ3v) is 3.64. The molecule has 1 fully saturated rings. The lowest BCUT2D eigenvalue weighted by Gasteiger charge is -2.23. The Kier molecular flexibility index (Phi) is 4.91. The van der Waals surface area contributed by atoms with Gasteiger partial charge in [0.1, 0.15) is 0 Å². The highest BCUT2D eigenvalue weighted by atomic mass is 16.2. The lowest BCUT2D eigenvalue weighted by atomic mass is 10.1. The zero-order valence-corrected chi connectivity index (χ0v) is 11.6. The Morgan fingerprint density at radius 2 is 2.37 bits per heavy atom. The second-order valence-corrected chi connectivity index (χ2v) is 5.49. The van der Waals surface area contributed by atoms with Crippen LogP contribution in [-0.2, 0) is 11.3 Å². The van der Waals surface area contributed by atoms with Gasteiger partial charge in [-0.05, 0) is 43.4 Å². The van der Waals surface area contributed by atoms with Crippen molar-refractivity contribution in [2.75, 3.05) is 6.54 Å². The molecule has 1 atom stereocenters. The topological polar surface area (TPSA) is 59.2 Å². The first-order valence-electron chi connectivity index (χ1n) is 7.09. The zero-order chi connectivity index (χ0) is 13.7. The molecule has 1 aliphatic carbocycles. The van der Waals surface area contributed by atoms with E-state index in [1.165, 1.54) is 0 Å². The van der Waals surface area contributed by atoms with Crippen LogP contribution in [0.3, 0.4) is 0 Å². The van der Waals surface area contributed by atoms with E-state index in [1.54, 1.807) is 6.20 Å². The van der Waals surface area contributed by atoms with Gasteiger partial charge in [-0.2, -0.15) is 0 Å². The summed E-state index contributed by atoms with van der Waals surface area (Å²) in [6.07, 6.45) is 7.36. The molecule has 0 aromatic carbocycles. The van der Waals surface area contributed by atoms with Gasteiger partial charge in [-0.15, -0.1) is 0 Å². The van der Waals surface area contributed by atoms with Crippen LogP contribution in [0.4, 0.5) is 0 Å². The highest BCUT2D eigenvalue weighted by Gasteiger charge is 2.32. The van der Waals surface area contributed by atoms with Crippen LogP contribution in [0.15, 0.2) is 24.5 Å². The van der Waals surface area contributed by atoms with Gasteiger partial charge >= 0.3 is 0 Å². The van der Waals surface area contributed by atoms with E-state index < -0.39 is 0 Å². The average Bonchev–Trinajstić information content (AvgIpc) is 3.27. The SMILES string of the molecule is CC(CN)CCC(=O)N(Cc1cccnc1)C1CC1. The molecule has 1 saturated carbocycles. The molecule has 0 spiro atoms. The van der Waals surface area contributed by atoms with Crippen molar-refractivity contribution >= 4 is 5.91 Å². The molecule has 0 aliphatic heterocycles. The maximum absolute atomic E-state index is 12.3. The lowest BCUT2D eigenvalue weighted by Crippen LogP contribution is -2.33. The van der Waals surface area contributed by atoms with Crippen molar-refractivity contribution in [1.82, 2.24) is 9.88 Å². The minimum atomic E-state index is 0.256. The van der Waals surface area contributed by atoms with Crippen LogP contribution in [0.1, 0.15) is 38.2 Å². The van der Waals surface area contributed by atoms with E-state index in [0.29, 0.717) is 31.5 Å². The molecular formula is C15H23N3O. The van der Waals surface area contributed by atoms with Crippen LogP contribution in [0.25, 0.3) is 0 Å². The van der Waals surface area contributed by atoms with Gasteiger partial charge in [0.05, 0.1) is 0 Å². The van der Waals surface area contributed by atoms with Crippen LogP contribution in [-0.4, -0.2) is 28.4 Å². The standard InChI is InChI=1S/C15H23N3O/c1-12(9-16)4-7-15(19)18(14-5-6-14)11-13-3-2-8-17-10-13/h2-3,8,10,12,14H,4-7,9,11,16H2,1H3. The Bertz CT molecular complexity index is 403. The molecule has 1 amide bonds. The fourth-order valence-corrected chi connectivity index (χ4v) is 2.13. The van der Waals surface area contributed by atoms with Gasteiger partial charge in [-0.25, -0.2) is 0 Å². The molecule has 1 unspecified atom stereocenters. The zero-order valence-electron chi connectivity index (χ0n) is 11.6. The van der Waals surface area contributed by atoms with Crippen molar-refractivity contribution in [1.29, 1.82) is 0 Å². The first-order valence-corrected chi connectivity index (χ1v) is 7.09. The van der Waals surface area contributed by atoms with Crippen LogP contribution in [0.2, 0.25) is 0 Å². The summed E-state index contributed by atoms with van der Waals surface area (Å²) in [6.45, 7) is 3.43. The molecule has 1 aliphatic rings.